The fourth-order valence-electron chi connectivity index (χ4n) is 1.86. The van der Waals surface area contributed by atoms with Crippen LogP contribution in [-0.2, 0) is 0 Å². The van der Waals surface area contributed by atoms with E-state index in [0.29, 0.717) is 22.8 Å². The van der Waals surface area contributed by atoms with Crippen LogP contribution in [-0.4, -0.2) is 17.9 Å². The normalized spacial score (nSPS) is 9.90. The third-order valence-electron chi connectivity index (χ3n) is 2.84. The van der Waals surface area contributed by atoms with Crippen molar-refractivity contribution in [3.8, 4) is 17.6 Å². The van der Waals surface area contributed by atoms with E-state index in [2.05, 4.69) is 16.8 Å². The second kappa shape index (κ2) is 5.93. The number of benzene rings is 2. The van der Waals surface area contributed by atoms with Gasteiger partial charge >= 0.3 is 0 Å². The molecule has 0 aliphatic heterocycles. The molecule has 0 fully saturated rings. The highest BCUT2D eigenvalue weighted by Crippen LogP contribution is 2.15. The Hall–Kier alpha value is -3.06. The Morgan fingerprint density at radius 1 is 1.14 bits per heavy atom. The molecule has 0 atom stereocenters. The Labute approximate surface area is 121 Å². The first-order chi connectivity index (χ1) is 10.4. The molecule has 0 saturated heterocycles. The molecule has 0 aliphatic carbocycles. The number of carbonyl (C=O) groups is 1. The van der Waals surface area contributed by atoms with Gasteiger partial charge in [-0.3, -0.25) is 4.79 Å². The molecule has 0 radical (unpaired) electrons. The van der Waals surface area contributed by atoms with Gasteiger partial charge in [-0.2, -0.15) is 0 Å². The van der Waals surface area contributed by atoms with Crippen LogP contribution in [0.4, 0.5) is 0 Å². The van der Waals surface area contributed by atoms with Gasteiger partial charge in [-0.25, -0.2) is 4.98 Å². The zero-order chi connectivity index (χ0) is 14.5. The summed E-state index contributed by atoms with van der Waals surface area (Å²) in [6.07, 6.45) is 0.754. The van der Waals surface area contributed by atoms with Gasteiger partial charge in [0, 0.05) is 0 Å². The number of aldehydes is 1. The lowest BCUT2D eigenvalue weighted by molar-refractivity contribution is 0.112. The van der Waals surface area contributed by atoms with E-state index in [-0.39, 0.29) is 6.61 Å². The van der Waals surface area contributed by atoms with Crippen LogP contribution in [0, 0.1) is 11.8 Å². The average molecular weight is 277 g/mol. The van der Waals surface area contributed by atoms with Gasteiger partial charge in [0.05, 0.1) is 5.56 Å². The lowest BCUT2D eigenvalue weighted by atomic mass is 10.2. The molecule has 21 heavy (non-hydrogen) atoms. The fraction of sp³-hybridized carbons (Fsp3) is 0.0588. The van der Waals surface area contributed by atoms with E-state index in [0.717, 1.165) is 11.8 Å². The Morgan fingerprint density at radius 2 is 1.95 bits per heavy atom. The monoisotopic (exact) mass is 277 g/mol. The second-order valence-corrected chi connectivity index (χ2v) is 4.23. The van der Waals surface area contributed by atoms with Crippen molar-refractivity contribution in [2.24, 2.45) is 0 Å². The van der Waals surface area contributed by atoms with Gasteiger partial charge in [-0.15, -0.1) is 0 Å². The molecule has 4 heteroatoms. The van der Waals surface area contributed by atoms with E-state index >= 15 is 0 Å². The van der Waals surface area contributed by atoms with Gasteiger partial charge in [0.1, 0.15) is 17.9 Å². The van der Waals surface area contributed by atoms with E-state index in [4.69, 9.17) is 9.15 Å². The number of rotatable bonds is 3. The van der Waals surface area contributed by atoms with Crippen molar-refractivity contribution < 1.29 is 13.9 Å². The zero-order valence-electron chi connectivity index (χ0n) is 11.1. The number of ether oxygens (including phenoxy) is 1. The number of oxazole rings is 1. The Balaban J connectivity index is 1.69. The highest BCUT2D eigenvalue weighted by molar-refractivity contribution is 5.79. The van der Waals surface area contributed by atoms with Crippen molar-refractivity contribution in [3.63, 3.8) is 0 Å². The van der Waals surface area contributed by atoms with Crippen molar-refractivity contribution in [3.05, 3.63) is 60.0 Å². The molecule has 3 rings (SSSR count). The van der Waals surface area contributed by atoms with Gasteiger partial charge in [0.2, 0.25) is 0 Å². The number of hydrogen-bond donors (Lipinski definition) is 0. The predicted molar refractivity (Wildman–Crippen MR) is 78.2 cm³/mol. The predicted octanol–water partition coefficient (Wildman–Crippen LogP) is 3.07. The highest BCUT2D eigenvalue weighted by atomic mass is 16.5. The summed E-state index contributed by atoms with van der Waals surface area (Å²) in [5.41, 5.74) is 1.98. The maximum Gasteiger partial charge on any atom is 0.274 e. The molecule has 0 bridgehead atoms. The minimum Gasteiger partial charge on any atom is -0.480 e. The number of hydrogen-bond acceptors (Lipinski definition) is 4. The summed E-state index contributed by atoms with van der Waals surface area (Å²) in [5, 5.41) is 0. The number of fused-ring (bicyclic) bond motifs is 1. The van der Waals surface area contributed by atoms with Crippen molar-refractivity contribution in [1.82, 2.24) is 4.98 Å². The molecular formula is C17H11NO3. The molecule has 0 amide bonds. The van der Waals surface area contributed by atoms with Crippen LogP contribution >= 0.6 is 0 Å². The maximum atomic E-state index is 10.8. The highest BCUT2D eigenvalue weighted by Gasteiger charge is 2.01. The first-order valence-corrected chi connectivity index (χ1v) is 6.38. The standard InChI is InChI=1S/C17H11NO3/c19-12-13-6-1-3-8-15(13)20-11-5-10-17-18-14-7-2-4-9-16(14)21-17/h1-4,6-9,12H,11H2. The van der Waals surface area contributed by atoms with E-state index < -0.39 is 0 Å². The molecule has 0 saturated carbocycles. The van der Waals surface area contributed by atoms with E-state index in [9.17, 15) is 4.79 Å². The van der Waals surface area contributed by atoms with Gasteiger partial charge in [-0.1, -0.05) is 30.2 Å². The van der Waals surface area contributed by atoms with Gasteiger partial charge in [-0.05, 0) is 30.2 Å². The zero-order valence-corrected chi connectivity index (χ0v) is 11.1. The van der Waals surface area contributed by atoms with Crippen LogP contribution in [0.3, 0.4) is 0 Å². The third kappa shape index (κ3) is 2.93. The first-order valence-electron chi connectivity index (χ1n) is 6.38. The lowest BCUT2D eigenvalue weighted by Crippen LogP contribution is -1.97. The van der Waals surface area contributed by atoms with Crippen LogP contribution < -0.4 is 4.74 Å². The van der Waals surface area contributed by atoms with Crippen LogP contribution in [0.5, 0.6) is 5.75 Å². The number of para-hydroxylation sites is 3. The number of nitrogens with zero attached hydrogens (tertiary/aromatic N) is 1. The molecule has 2 aromatic carbocycles. The Bertz CT molecular complexity index is 807. The average Bonchev–Trinajstić information content (AvgIpc) is 2.94. The number of carbonyl (C=O) groups excluding carboxylic acids is 1. The van der Waals surface area contributed by atoms with Crippen LogP contribution in [0.1, 0.15) is 16.2 Å². The van der Waals surface area contributed by atoms with E-state index in [1.165, 1.54) is 0 Å². The molecule has 0 N–H and O–H groups in total. The molecule has 0 aliphatic rings. The van der Waals surface area contributed by atoms with Gasteiger partial charge in [0.15, 0.2) is 11.9 Å². The third-order valence-corrected chi connectivity index (χ3v) is 2.84. The largest absolute Gasteiger partial charge is 0.480 e. The van der Waals surface area contributed by atoms with Crippen molar-refractivity contribution in [2.75, 3.05) is 6.61 Å². The smallest absolute Gasteiger partial charge is 0.274 e. The molecule has 0 spiro atoms. The summed E-state index contributed by atoms with van der Waals surface area (Å²) < 4.78 is 10.9. The molecule has 4 nitrogen and oxygen atoms in total. The summed E-state index contributed by atoms with van der Waals surface area (Å²) in [6, 6.07) is 14.5. The fourth-order valence-corrected chi connectivity index (χ4v) is 1.86. The van der Waals surface area contributed by atoms with Crippen molar-refractivity contribution in [1.29, 1.82) is 0 Å². The molecule has 0 unspecified atom stereocenters. The van der Waals surface area contributed by atoms with E-state index in [1.807, 2.05) is 24.3 Å². The SMILES string of the molecule is O=Cc1ccccc1OCC#Cc1nc2ccccc2o1. The van der Waals surface area contributed by atoms with Crippen molar-refractivity contribution >= 4 is 17.4 Å². The van der Waals surface area contributed by atoms with E-state index in [1.54, 1.807) is 24.3 Å². The molecular weight excluding hydrogens is 266 g/mol. The summed E-state index contributed by atoms with van der Waals surface area (Å²) in [6.45, 7) is 0.156. The van der Waals surface area contributed by atoms with Crippen LogP contribution in [0.25, 0.3) is 11.1 Å². The maximum absolute atomic E-state index is 10.8. The minimum atomic E-state index is 0.156. The van der Waals surface area contributed by atoms with Gasteiger partial charge in [0.25, 0.3) is 5.89 Å². The number of aromatic nitrogens is 1. The Kier molecular flexibility index (Phi) is 3.66. The minimum absolute atomic E-state index is 0.156. The van der Waals surface area contributed by atoms with Crippen molar-refractivity contribution in [2.45, 2.75) is 0 Å². The molecule has 102 valence electrons. The van der Waals surface area contributed by atoms with Gasteiger partial charge < -0.3 is 9.15 Å². The lowest BCUT2D eigenvalue weighted by Gasteiger charge is -2.03. The molecule has 3 aromatic rings. The topological polar surface area (TPSA) is 52.3 Å². The quantitative estimate of drug-likeness (QED) is 0.545. The van der Waals surface area contributed by atoms with Crippen LogP contribution in [0.2, 0.25) is 0 Å². The summed E-state index contributed by atoms with van der Waals surface area (Å²) >= 11 is 0. The second-order valence-electron chi connectivity index (χ2n) is 4.23. The molecule has 1 heterocycles. The summed E-state index contributed by atoms with van der Waals surface area (Å²) in [4.78, 5) is 15.1. The summed E-state index contributed by atoms with van der Waals surface area (Å²) in [7, 11) is 0. The molecule has 1 aromatic heterocycles. The Morgan fingerprint density at radius 3 is 2.81 bits per heavy atom. The first kappa shape index (κ1) is 12.9. The van der Waals surface area contributed by atoms with Crippen LogP contribution in [0.15, 0.2) is 52.9 Å². The summed E-state index contributed by atoms with van der Waals surface area (Å²) in [5.74, 6) is 6.48.